The second-order valence-electron chi connectivity index (χ2n) is 6.36. The van der Waals surface area contributed by atoms with Crippen molar-refractivity contribution in [2.45, 2.75) is 26.4 Å². The van der Waals surface area contributed by atoms with E-state index in [1.165, 1.54) is 0 Å². The lowest BCUT2D eigenvalue weighted by molar-refractivity contribution is -0.107. The minimum Gasteiger partial charge on any atom is -0.338 e. The van der Waals surface area contributed by atoms with Gasteiger partial charge in [0.25, 0.3) is 0 Å². The number of benzene rings is 1. The number of anilines is 3. The average molecular weight is 333 g/mol. The Bertz CT molecular complexity index is 931. The lowest BCUT2D eigenvalue weighted by Gasteiger charge is -2.19. The molecule has 0 bridgehead atoms. The van der Waals surface area contributed by atoms with Gasteiger partial charge in [-0.1, -0.05) is 12.1 Å². The van der Waals surface area contributed by atoms with Crippen LogP contribution in [0.3, 0.4) is 0 Å². The van der Waals surface area contributed by atoms with Gasteiger partial charge >= 0.3 is 0 Å². The van der Waals surface area contributed by atoms with Crippen LogP contribution in [0, 0.1) is 0 Å². The summed E-state index contributed by atoms with van der Waals surface area (Å²) in [6.07, 6.45) is 4.42. The first kappa shape index (κ1) is 15.4. The highest BCUT2D eigenvalue weighted by Gasteiger charge is 2.20. The Morgan fingerprint density at radius 2 is 2.08 bits per heavy atom. The van der Waals surface area contributed by atoms with Gasteiger partial charge in [0.1, 0.15) is 5.82 Å². The van der Waals surface area contributed by atoms with Gasteiger partial charge in [-0.3, -0.25) is 9.48 Å². The number of carbonyl (C=O) groups excluding carboxylic acids is 1. The van der Waals surface area contributed by atoms with Gasteiger partial charge in [-0.15, -0.1) is 0 Å². The molecule has 1 aromatic carbocycles. The van der Waals surface area contributed by atoms with Gasteiger partial charge in [-0.05, 0) is 38.1 Å². The summed E-state index contributed by atoms with van der Waals surface area (Å²) < 4.78 is 1.98. The van der Waals surface area contributed by atoms with E-state index in [2.05, 4.69) is 29.2 Å². The Morgan fingerprint density at radius 3 is 2.88 bits per heavy atom. The highest BCUT2D eigenvalue weighted by molar-refractivity contribution is 5.89. The quantitative estimate of drug-likeness (QED) is 0.742. The van der Waals surface area contributed by atoms with Crippen LogP contribution in [0.1, 0.15) is 25.5 Å². The summed E-state index contributed by atoms with van der Waals surface area (Å²) >= 11 is 0. The zero-order valence-electron chi connectivity index (χ0n) is 14.2. The molecule has 0 saturated carbocycles. The van der Waals surface area contributed by atoms with Crippen molar-refractivity contribution < 1.29 is 4.79 Å². The van der Waals surface area contributed by atoms with E-state index in [1.807, 2.05) is 41.1 Å². The maximum absolute atomic E-state index is 11.7. The van der Waals surface area contributed by atoms with E-state index in [-0.39, 0.29) is 6.04 Å². The lowest BCUT2D eigenvalue weighted by atomic mass is 10.1. The van der Waals surface area contributed by atoms with E-state index in [4.69, 9.17) is 0 Å². The van der Waals surface area contributed by atoms with Gasteiger partial charge in [-0.25, -0.2) is 4.98 Å². The van der Waals surface area contributed by atoms with E-state index < -0.39 is 0 Å². The molecule has 0 saturated heterocycles. The Morgan fingerprint density at radius 1 is 1.20 bits per heavy atom. The second-order valence-corrected chi connectivity index (χ2v) is 6.36. The maximum atomic E-state index is 11.7. The molecule has 25 heavy (non-hydrogen) atoms. The van der Waals surface area contributed by atoms with Crippen molar-refractivity contribution in [3.63, 3.8) is 0 Å². The van der Waals surface area contributed by atoms with Crippen LogP contribution in [0.2, 0.25) is 0 Å². The van der Waals surface area contributed by atoms with E-state index in [9.17, 15) is 4.79 Å². The molecule has 0 aliphatic carbocycles. The number of aromatic nitrogens is 3. The summed E-state index contributed by atoms with van der Waals surface area (Å²) in [5.74, 6) is 0.785. The number of rotatable bonds is 3. The highest BCUT2D eigenvalue weighted by atomic mass is 16.1. The highest BCUT2D eigenvalue weighted by Crippen LogP contribution is 2.37. The number of nitrogens with zero attached hydrogens (tertiary/aromatic N) is 4. The first-order chi connectivity index (χ1) is 12.2. The third kappa shape index (κ3) is 2.65. The fraction of sp³-hybridized carbons (Fsp3) is 0.211. The first-order valence-electron chi connectivity index (χ1n) is 8.28. The average Bonchev–Trinajstić information content (AvgIpc) is 3.05. The first-order valence-corrected chi connectivity index (χ1v) is 8.28. The molecule has 3 heterocycles. The van der Waals surface area contributed by atoms with Crippen molar-refractivity contribution in [2.75, 3.05) is 10.2 Å². The van der Waals surface area contributed by atoms with Crippen molar-refractivity contribution in [1.29, 1.82) is 0 Å². The zero-order valence-corrected chi connectivity index (χ0v) is 14.2. The molecule has 1 aliphatic rings. The van der Waals surface area contributed by atoms with E-state index in [0.29, 0.717) is 6.54 Å². The van der Waals surface area contributed by atoms with Crippen molar-refractivity contribution in [3.05, 3.63) is 54.4 Å². The molecule has 1 N–H and O–H groups in total. The summed E-state index contributed by atoms with van der Waals surface area (Å²) in [4.78, 5) is 17.8. The number of pyridine rings is 1. The van der Waals surface area contributed by atoms with Crippen molar-refractivity contribution in [1.82, 2.24) is 14.8 Å². The maximum Gasteiger partial charge on any atom is 0.214 e. The Hall–Kier alpha value is -3.15. The lowest BCUT2D eigenvalue weighted by Crippen LogP contribution is -2.19. The number of hydrogen-bond acceptors (Lipinski definition) is 4. The normalized spacial score (nSPS) is 13.0. The molecular formula is C19H19N5O. The van der Waals surface area contributed by atoms with E-state index in [1.54, 1.807) is 17.3 Å². The summed E-state index contributed by atoms with van der Waals surface area (Å²) in [7, 11) is 0. The molecule has 0 spiro atoms. The molecule has 0 unspecified atom stereocenters. The summed E-state index contributed by atoms with van der Waals surface area (Å²) in [5.41, 5.74) is 4.74. The Labute approximate surface area is 146 Å². The number of hydrogen-bond donors (Lipinski definition) is 1. The van der Waals surface area contributed by atoms with Crippen molar-refractivity contribution >= 4 is 23.6 Å². The van der Waals surface area contributed by atoms with Gasteiger partial charge < -0.3 is 10.2 Å². The molecule has 126 valence electrons. The van der Waals surface area contributed by atoms with Crippen LogP contribution in [0.15, 0.2) is 48.8 Å². The molecule has 6 heteroatoms. The van der Waals surface area contributed by atoms with Gasteiger partial charge in [-0.2, -0.15) is 5.10 Å². The van der Waals surface area contributed by atoms with Crippen LogP contribution < -0.4 is 10.2 Å². The predicted molar refractivity (Wildman–Crippen MR) is 97.8 cm³/mol. The number of fused-ring (bicyclic) bond motifs is 2. The van der Waals surface area contributed by atoms with Crippen LogP contribution in [-0.2, 0) is 11.3 Å². The minimum atomic E-state index is 0.262. The molecule has 1 aliphatic heterocycles. The number of amides is 1. The van der Waals surface area contributed by atoms with Crippen LogP contribution in [-0.4, -0.2) is 21.2 Å². The molecule has 2 aromatic heterocycles. The second kappa shape index (κ2) is 6.05. The Balaban J connectivity index is 1.82. The van der Waals surface area contributed by atoms with Gasteiger partial charge in [0.05, 0.1) is 23.6 Å². The Kier molecular flexibility index (Phi) is 3.72. The third-order valence-corrected chi connectivity index (χ3v) is 4.37. The molecule has 3 aromatic rings. The molecule has 6 nitrogen and oxygen atoms in total. The van der Waals surface area contributed by atoms with Crippen LogP contribution in [0.25, 0.3) is 11.3 Å². The molecular weight excluding hydrogens is 314 g/mol. The SMILES string of the molecule is CC(C)n1nccc1-c1ccc2c(c1)N(C=O)Cc1cccnc1N2. The zero-order chi connectivity index (χ0) is 17.4. The van der Waals surface area contributed by atoms with E-state index in [0.717, 1.165) is 40.4 Å². The van der Waals surface area contributed by atoms with Gasteiger partial charge in [0.2, 0.25) is 6.41 Å². The fourth-order valence-electron chi connectivity index (χ4n) is 3.16. The van der Waals surface area contributed by atoms with Gasteiger partial charge in [0, 0.05) is 29.6 Å². The molecule has 0 fully saturated rings. The largest absolute Gasteiger partial charge is 0.338 e. The molecule has 0 radical (unpaired) electrons. The van der Waals surface area contributed by atoms with Crippen LogP contribution >= 0.6 is 0 Å². The van der Waals surface area contributed by atoms with Crippen molar-refractivity contribution in [2.24, 2.45) is 0 Å². The summed E-state index contributed by atoms with van der Waals surface area (Å²) in [5, 5.41) is 7.75. The molecule has 0 atom stereocenters. The summed E-state index contributed by atoms with van der Waals surface area (Å²) in [6, 6.07) is 12.2. The number of carbonyl (C=O) groups is 1. The minimum absolute atomic E-state index is 0.262. The fourth-order valence-corrected chi connectivity index (χ4v) is 3.16. The number of nitrogens with one attached hydrogen (secondary N) is 1. The standard InChI is InChI=1S/C19H19N5O/c1-13(2)24-17(7-9-21-24)14-5-6-16-18(10-14)23(12-25)11-15-4-3-8-20-19(15)22-16/h3-10,12-13H,11H2,1-2H3,(H,20,22). The van der Waals surface area contributed by atoms with Gasteiger partial charge in [0.15, 0.2) is 0 Å². The summed E-state index contributed by atoms with van der Waals surface area (Å²) in [6.45, 7) is 4.68. The monoisotopic (exact) mass is 333 g/mol. The van der Waals surface area contributed by atoms with E-state index >= 15 is 0 Å². The van der Waals surface area contributed by atoms with Crippen LogP contribution in [0.5, 0.6) is 0 Å². The topological polar surface area (TPSA) is 63.1 Å². The predicted octanol–water partition coefficient (Wildman–Crippen LogP) is 3.75. The smallest absolute Gasteiger partial charge is 0.214 e. The van der Waals surface area contributed by atoms with Crippen molar-refractivity contribution in [3.8, 4) is 11.3 Å². The molecule has 1 amide bonds. The van der Waals surface area contributed by atoms with Crippen LogP contribution in [0.4, 0.5) is 17.2 Å². The third-order valence-electron chi connectivity index (χ3n) is 4.37. The molecule has 4 rings (SSSR count).